The number of nitrogen functional groups attached to an aromatic ring is 1. The number of hydrogen-bond acceptors (Lipinski definition) is 2. The monoisotopic (exact) mass is 268 g/mol. The van der Waals surface area contributed by atoms with Crippen LogP contribution in [-0.2, 0) is 0 Å². The van der Waals surface area contributed by atoms with E-state index < -0.39 is 0 Å². The highest BCUT2D eigenvalue weighted by Gasteiger charge is 2.15. The van der Waals surface area contributed by atoms with Gasteiger partial charge in [-0.2, -0.15) is 0 Å². The van der Waals surface area contributed by atoms with Crippen molar-refractivity contribution in [3.8, 4) is 0 Å². The maximum atomic E-state index is 6.16. The lowest BCUT2D eigenvalue weighted by molar-refractivity contribution is 0.594. The van der Waals surface area contributed by atoms with Crippen molar-refractivity contribution in [3.63, 3.8) is 0 Å². The van der Waals surface area contributed by atoms with Crippen molar-refractivity contribution >= 4 is 23.0 Å². The SMILES string of the molecule is CCCCN(c1cc(Cl)c(N)cc1C)C(C)CC. The molecule has 1 rings (SSSR count). The molecule has 0 saturated carbocycles. The highest BCUT2D eigenvalue weighted by Crippen LogP contribution is 2.31. The van der Waals surface area contributed by atoms with E-state index in [9.17, 15) is 0 Å². The topological polar surface area (TPSA) is 29.3 Å². The molecule has 0 bridgehead atoms. The summed E-state index contributed by atoms with van der Waals surface area (Å²) in [7, 11) is 0. The molecular formula is C15H25ClN2. The van der Waals surface area contributed by atoms with Crippen LogP contribution in [0.3, 0.4) is 0 Å². The Balaban J connectivity index is 3.07. The molecule has 102 valence electrons. The number of nitrogens with two attached hydrogens (primary N) is 1. The van der Waals surface area contributed by atoms with Crippen LogP contribution in [0, 0.1) is 6.92 Å². The maximum Gasteiger partial charge on any atom is 0.0656 e. The van der Waals surface area contributed by atoms with Gasteiger partial charge in [0.2, 0.25) is 0 Å². The lowest BCUT2D eigenvalue weighted by Gasteiger charge is -2.32. The van der Waals surface area contributed by atoms with E-state index in [1.807, 2.05) is 12.1 Å². The number of halogens is 1. The zero-order valence-electron chi connectivity index (χ0n) is 12.0. The van der Waals surface area contributed by atoms with Crippen LogP contribution in [-0.4, -0.2) is 12.6 Å². The van der Waals surface area contributed by atoms with Gasteiger partial charge in [0, 0.05) is 18.3 Å². The highest BCUT2D eigenvalue weighted by molar-refractivity contribution is 6.33. The molecule has 18 heavy (non-hydrogen) atoms. The molecule has 1 aromatic carbocycles. The normalized spacial score (nSPS) is 12.5. The summed E-state index contributed by atoms with van der Waals surface area (Å²) in [6.07, 6.45) is 3.53. The first kappa shape index (κ1) is 15.2. The third kappa shape index (κ3) is 3.55. The Kier molecular flexibility index (Phi) is 5.80. The van der Waals surface area contributed by atoms with Crippen molar-refractivity contribution in [1.29, 1.82) is 0 Å². The molecule has 1 unspecified atom stereocenters. The third-order valence-corrected chi connectivity index (χ3v) is 3.83. The van der Waals surface area contributed by atoms with Crippen LogP contribution in [0.15, 0.2) is 12.1 Å². The Hall–Kier alpha value is -0.890. The minimum atomic E-state index is 0.523. The molecule has 0 aliphatic carbocycles. The molecule has 2 nitrogen and oxygen atoms in total. The molecule has 3 heteroatoms. The Morgan fingerprint density at radius 2 is 2.00 bits per heavy atom. The Bertz CT molecular complexity index is 390. The fourth-order valence-electron chi connectivity index (χ4n) is 2.13. The zero-order valence-corrected chi connectivity index (χ0v) is 12.7. The van der Waals surface area contributed by atoms with Crippen molar-refractivity contribution < 1.29 is 0 Å². The predicted octanol–water partition coefficient (Wildman–Crippen LogP) is 4.64. The summed E-state index contributed by atoms with van der Waals surface area (Å²) in [6, 6.07) is 4.50. The first-order valence-electron chi connectivity index (χ1n) is 6.83. The molecule has 0 saturated heterocycles. The molecule has 2 N–H and O–H groups in total. The van der Waals surface area contributed by atoms with Crippen LogP contribution >= 0.6 is 11.6 Å². The van der Waals surface area contributed by atoms with E-state index in [1.54, 1.807) is 0 Å². The van der Waals surface area contributed by atoms with Gasteiger partial charge in [-0.15, -0.1) is 0 Å². The van der Waals surface area contributed by atoms with Crippen molar-refractivity contribution in [1.82, 2.24) is 0 Å². The highest BCUT2D eigenvalue weighted by atomic mass is 35.5. The molecule has 0 aromatic heterocycles. The van der Waals surface area contributed by atoms with Crippen molar-refractivity contribution in [2.24, 2.45) is 0 Å². The van der Waals surface area contributed by atoms with Gasteiger partial charge in [-0.05, 0) is 44.4 Å². The van der Waals surface area contributed by atoms with Crippen molar-refractivity contribution in [2.45, 2.75) is 53.0 Å². The van der Waals surface area contributed by atoms with E-state index >= 15 is 0 Å². The largest absolute Gasteiger partial charge is 0.398 e. The van der Waals surface area contributed by atoms with Gasteiger partial charge < -0.3 is 10.6 Å². The molecule has 0 amide bonds. The smallest absolute Gasteiger partial charge is 0.0656 e. The van der Waals surface area contributed by atoms with Gasteiger partial charge in [-0.25, -0.2) is 0 Å². The Morgan fingerprint density at radius 3 is 2.56 bits per heavy atom. The second kappa shape index (κ2) is 6.89. The minimum absolute atomic E-state index is 0.523. The molecule has 0 aliphatic rings. The summed E-state index contributed by atoms with van der Waals surface area (Å²) in [6.45, 7) is 9.88. The standard InChI is InChI=1S/C15H25ClN2/c1-5-7-8-18(12(4)6-2)15-10-13(16)14(17)9-11(15)3/h9-10,12H,5-8,17H2,1-4H3. The first-order valence-corrected chi connectivity index (χ1v) is 7.21. The third-order valence-electron chi connectivity index (χ3n) is 3.50. The van der Waals surface area contributed by atoms with Crippen LogP contribution in [0.2, 0.25) is 5.02 Å². The quantitative estimate of drug-likeness (QED) is 0.762. The average Bonchev–Trinajstić information content (AvgIpc) is 2.35. The van der Waals surface area contributed by atoms with Gasteiger partial charge in [-0.3, -0.25) is 0 Å². The fourth-order valence-corrected chi connectivity index (χ4v) is 2.29. The van der Waals surface area contributed by atoms with Gasteiger partial charge in [-0.1, -0.05) is 31.9 Å². The van der Waals surface area contributed by atoms with Gasteiger partial charge in [0.05, 0.1) is 10.7 Å². The maximum absolute atomic E-state index is 6.16. The number of benzene rings is 1. The van der Waals surface area contributed by atoms with E-state index in [2.05, 4.69) is 32.6 Å². The number of rotatable bonds is 6. The van der Waals surface area contributed by atoms with Crippen molar-refractivity contribution in [3.05, 3.63) is 22.7 Å². The molecule has 0 spiro atoms. The molecule has 1 atom stereocenters. The van der Waals surface area contributed by atoms with E-state index in [1.165, 1.54) is 24.1 Å². The molecule has 0 fully saturated rings. The molecule has 1 aromatic rings. The number of aryl methyl sites for hydroxylation is 1. The summed E-state index contributed by atoms with van der Waals surface area (Å²) in [5.41, 5.74) is 8.93. The van der Waals surface area contributed by atoms with Gasteiger partial charge in [0.25, 0.3) is 0 Å². The summed E-state index contributed by atoms with van der Waals surface area (Å²) in [5, 5.41) is 0.653. The van der Waals surface area contributed by atoms with E-state index in [0.717, 1.165) is 13.0 Å². The molecule has 0 aliphatic heterocycles. The summed E-state index contributed by atoms with van der Waals surface area (Å²) >= 11 is 6.16. The average molecular weight is 269 g/mol. The molecular weight excluding hydrogens is 244 g/mol. The van der Waals surface area contributed by atoms with E-state index in [0.29, 0.717) is 16.8 Å². The second-order valence-electron chi connectivity index (χ2n) is 4.96. The summed E-state index contributed by atoms with van der Waals surface area (Å²) < 4.78 is 0. The van der Waals surface area contributed by atoms with Crippen LogP contribution in [0.25, 0.3) is 0 Å². The van der Waals surface area contributed by atoms with Crippen LogP contribution < -0.4 is 10.6 Å². The van der Waals surface area contributed by atoms with Crippen LogP contribution in [0.4, 0.5) is 11.4 Å². The summed E-state index contributed by atoms with van der Waals surface area (Å²) in [4.78, 5) is 2.45. The zero-order chi connectivity index (χ0) is 13.7. The number of hydrogen-bond donors (Lipinski definition) is 1. The van der Waals surface area contributed by atoms with Crippen LogP contribution in [0.1, 0.15) is 45.6 Å². The summed E-state index contributed by atoms with van der Waals surface area (Å²) in [5.74, 6) is 0. The fraction of sp³-hybridized carbons (Fsp3) is 0.600. The predicted molar refractivity (Wildman–Crippen MR) is 82.6 cm³/mol. The minimum Gasteiger partial charge on any atom is -0.398 e. The van der Waals surface area contributed by atoms with E-state index in [-0.39, 0.29) is 0 Å². The van der Waals surface area contributed by atoms with Gasteiger partial charge >= 0.3 is 0 Å². The lowest BCUT2D eigenvalue weighted by Crippen LogP contribution is -2.34. The Morgan fingerprint density at radius 1 is 1.33 bits per heavy atom. The number of nitrogens with zero attached hydrogens (tertiary/aromatic N) is 1. The van der Waals surface area contributed by atoms with Crippen molar-refractivity contribution in [2.75, 3.05) is 17.2 Å². The first-order chi connectivity index (χ1) is 8.51. The molecule has 0 radical (unpaired) electrons. The van der Waals surface area contributed by atoms with Crippen LogP contribution in [0.5, 0.6) is 0 Å². The van der Waals surface area contributed by atoms with E-state index in [4.69, 9.17) is 17.3 Å². The van der Waals surface area contributed by atoms with Gasteiger partial charge in [0.1, 0.15) is 0 Å². The van der Waals surface area contributed by atoms with Gasteiger partial charge in [0.15, 0.2) is 0 Å². The molecule has 0 heterocycles. The Labute approximate surface area is 116 Å². The second-order valence-corrected chi connectivity index (χ2v) is 5.37. The number of unbranched alkanes of at least 4 members (excludes halogenated alkanes) is 1. The number of anilines is 2. The lowest BCUT2D eigenvalue weighted by atomic mass is 10.1.